The zero-order valence-electron chi connectivity index (χ0n) is 20.6. The van der Waals surface area contributed by atoms with Crippen molar-refractivity contribution in [1.82, 2.24) is 0 Å². The van der Waals surface area contributed by atoms with Crippen LogP contribution in [0, 0.1) is 34.6 Å². The van der Waals surface area contributed by atoms with Crippen molar-refractivity contribution < 1.29 is 40.5 Å². The highest BCUT2D eigenvalue weighted by Crippen LogP contribution is 2.55. The van der Waals surface area contributed by atoms with Crippen LogP contribution in [0.25, 0.3) is 0 Å². The quantitative estimate of drug-likeness (QED) is 0.244. The number of benzene rings is 3. The van der Waals surface area contributed by atoms with Crippen molar-refractivity contribution in [2.75, 3.05) is 0 Å². The SMILES string of the molecule is Cc1c(C)c(C)c(C(=O)P(=O)(C(=O)c2c(C(F)(F)F)cccc2C(F)(F)F)c2ccccc2)c(C)c1C. The first-order chi connectivity index (χ1) is 17.0. The molecule has 3 aromatic rings. The van der Waals surface area contributed by atoms with Crippen molar-refractivity contribution >= 4 is 23.5 Å². The summed E-state index contributed by atoms with van der Waals surface area (Å²) in [5.41, 5.74) is -6.39. The van der Waals surface area contributed by atoms with E-state index in [1.54, 1.807) is 20.8 Å². The molecule has 1 unspecified atom stereocenters. The topological polar surface area (TPSA) is 51.2 Å². The molecule has 1 atom stereocenters. The monoisotopic (exact) mass is 540 g/mol. The van der Waals surface area contributed by atoms with E-state index in [0.29, 0.717) is 40.5 Å². The maximum absolute atomic E-state index is 14.6. The molecule has 0 saturated carbocycles. The molecular formula is C27H23F6O3P. The van der Waals surface area contributed by atoms with Crippen molar-refractivity contribution in [2.45, 2.75) is 47.0 Å². The second-order valence-corrected chi connectivity index (χ2v) is 11.3. The van der Waals surface area contributed by atoms with Gasteiger partial charge in [0.1, 0.15) is 0 Å². The van der Waals surface area contributed by atoms with Crippen molar-refractivity contribution in [3.63, 3.8) is 0 Å². The molecule has 0 aromatic heterocycles. The molecule has 0 saturated heterocycles. The van der Waals surface area contributed by atoms with Crippen LogP contribution in [-0.4, -0.2) is 11.0 Å². The first-order valence-corrected chi connectivity index (χ1v) is 12.8. The number of carbonyl (C=O) groups excluding carboxylic acids is 2. The normalized spacial score (nSPS) is 13.8. The van der Waals surface area contributed by atoms with E-state index in [0.717, 1.165) is 17.7 Å². The smallest absolute Gasteiger partial charge is 0.302 e. The van der Waals surface area contributed by atoms with E-state index in [4.69, 9.17) is 0 Å². The first-order valence-electron chi connectivity index (χ1n) is 11.1. The standard InChI is InChI=1S/C27H23F6O3P/c1-14-15(2)17(4)22(18(5)16(14)3)24(34)37(36,19-10-7-6-8-11-19)25(35)23-20(26(28,29)30)12-9-13-21(23)27(31,32)33/h6-13H,1-5H3. The largest absolute Gasteiger partial charge is 0.417 e. The molecule has 196 valence electrons. The summed E-state index contributed by atoms with van der Waals surface area (Å²) in [5.74, 6) is 0. The Bertz CT molecular complexity index is 1390. The Hall–Kier alpha value is -3.19. The van der Waals surface area contributed by atoms with Gasteiger partial charge in [-0.05, 0) is 74.6 Å². The maximum atomic E-state index is 14.6. The van der Waals surface area contributed by atoms with Gasteiger partial charge in [0, 0.05) is 10.9 Å². The van der Waals surface area contributed by atoms with E-state index in [2.05, 4.69) is 0 Å². The van der Waals surface area contributed by atoms with Gasteiger partial charge in [0.25, 0.3) is 0 Å². The summed E-state index contributed by atoms with van der Waals surface area (Å²) >= 11 is 0. The molecule has 0 bridgehead atoms. The minimum absolute atomic E-state index is 0.154. The van der Waals surface area contributed by atoms with Crippen molar-refractivity contribution in [3.8, 4) is 0 Å². The molecule has 3 aromatic carbocycles. The molecule has 3 nitrogen and oxygen atoms in total. The van der Waals surface area contributed by atoms with Gasteiger partial charge in [0.05, 0.1) is 16.7 Å². The molecule has 3 rings (SSSR count). The van der Waals surface area contributed by atoms with Gasteiger partial charge in [-0.25, -0.2) is 0 Å². The van der Waals surface area contributed by atoms with Crippen LogP contribution in [0.5, 0.6) is 0 Å². The Morgan fingerprint density at radius 1 is 0.568 bits per heavy atom. The van der Waals surface area contributed by atoms with E-state index in [9.17, 15) is 40.5 Å². The van der Waals surface area contributed by atoms with Crippen LogP contribution >= 0.6 is 7.14 Å². The van der Waals surface area contributed by atoms with E-state index in [1.807, 2.05) is 0 Å². The summed E-state index contributed by atoms with van der Waals surface area (Å²) in [6, 6.07) is 7.36. The third-order valence-electron chi connectivity index (χ3n) is 6.79. The average Bonchev–Trinajstić information content (AvgIpc) is 2.84. The number of rotatable bonds is 5. The summed E-state index contributed by atoms with van der Waals surface area (Å²) in [6.07, 6.45) is -10.8. The third kappa shape index (κ3) is 4.77. The van der Waals surface area contributed by atoms with E-state index in [1.165, 1.54) is 32.0 Å². The first kappa shape index (κ1) is 28.4. The molecule has 0 aliphatic heterocycles. The van der Waals surface area contributed by atoms with E-state index < -0.39 is 52.5 Å². The molecule has 0 fully saturated rings. The van der Waals surface area contributed by atoms with E-state index >= 15 is 0 Å². The molecule has 0 aliphatic carbocycles. The lowest BCUT2D eigenvalue weighted by Crippen LogP contribution is -2.27. The number of carbonyl (C=O) groups is 2. The van der Waals surface area contributed by atoms with Gasteiger partial charge in [-0.1, -0.05) is 36.4 Å². The Morgan fingerprint density at radius 2 is 0.946 bits per heavy atom. The Kier molecular flexibility index (Phi) is 7.36. The molecule has 0 radical (unpaired) electrons. The summed E-state index contributed by atoms with van der Waals surface area (Å²) < 4.78 is 97.8. The zero-order valence-corrected chi connectivity index (χ0v) is 21.5. The van der Waals surface area contributed by atoms with Crippen molar-refractivity contribution in [1.29, 1.82) is 0 Å². The van der Waals surface area contributed by atoms with Crippen LogP contribution in [0.4, 0.5) is 26.3 Å². The highest BCUT2D eigenvalue weighted by Gasteiger charge is 2.51. The predicted molar refractivity (Wildman–Crippen MR) is 129 cm³/mol. The summed E-state index contributed by atoms with van der Waals surface area (Å²) in [5, 5.41) is -0.454. The van der Waals surface area contributed by atoms with Gasteiger partial charge in [-0.2, -0.15) is 26.3 Å². The van der Waals surface area contributed by atoms with Crippen LogP contribution in [0.1, 0.15) is 59.7 Å². The molecule has 37 heavy (non-hydrogen) atoms. The van der Waals surface area contributed by atoms with Gasteiger partial charge in [0.15, 0.2) is 0 Å². The maximum Gasteiger partial charge on any atom is 0.417 e. The molecular weight excluding hydrogens is 517 g/mol. The third-order valence-corrected chi connectivity index (χ3v) is 9.41. The minimum Gasteiger partial charge on any atom is -0.302 e. The lowest BCUT2D eigenvalue weighted by atomic mass is 9.90. The molecule has 10 heteroatoms. The molecule has 0 spiro atoms. The molecule has 0 amide bonds. The average molecular weight is 540 g/mol. The van der Waals surface area contributed by atoms with Crippen molar-refractivity contribution in [2.24, 2.45) is 0 Å². The van der Waals surface area contributed by atoms with Gasteiger partial charge in [-0.3, -0.25) is 9.59 Å². The summed E-state index contributed by atoms with van der Waals surface area (Å²) in [6.45, 7) is 8.23. The highest BCUT2D eigenvalue weighted by molar-refractivity contribution is 8.01. The fourth-order valence-corrected chi connectivity index (χ4v) is 6.81. The lowest BCUT2D eigenvalue weighted by Gasteiger charge is -2.24. The van der Waals surface area contributed by atoms with Crippen LogP contribution in [0.2, 0.25) is 0 Å². The molecule has 0 N–H and O–H groups in total. The number of halogens is 6. The Labute approximate surface area is 209 Å². The fourth-order valence-electron chi connectivity index (χ4n) is 4.36. The Balaban J connectivity index is 2.48. The van der Waals surface area contributed by atoms with Crippen LogP contribution in [-0.2, 0) is 16.9 Å². The zero-order chi connectivity index (χ0) is 28.1. The van der Waals surface area contributed by atoms with E-state index in [-0.39, 0.29) is 5.56 Å². The van der Waals surface area contributed by atoms with Gasteiger partial charge < -0.3 is 4.57 Å². The van der Waals surface area contributed by atoms with Gasteiger partial charge in [-0.15, -0.1) is 0 Å². The second-order valence-electron chi connectivity index (χ2n) is 8.78. The predicted octanol–water partition coefficient (Wildman–Crippen LogP) is 7.94. The Morgan fingerprint density at radius 3 is 1.35 bits per heavy atom. The molecule has 0 aliphatic rings. The molecule has 0 heterocycles. The van der Waals surface area contributed by atoms with Crippen molar-refractivity contribution in [3.05, 3.63) is 98.6 Å². The van der Waals surface area contributed by atoms with Gasteiger partial charge in [0.2, 0.25) is 18.2 Å². The minimum atomic E-state index is -5.39. The second kappa shape index (κ2) is 9.60. The fraction of sp³-hybridized carbons (Fsp3) is 0.259. The van der Waals surface area contributed by atoms with Crippen LogP contribution in [0.15, 0.2) is 48.5 Å². The number of alkyl halides is 6. The highest BCUT2D eigenvalue weighted by atomic mass is 31.2. The summed E-state index contributed by atoms with van der Waals surface area (Å²) in [4.78, 5) is 27.8. The number of hydrogen-bond donors (Lipinski definition) is 0. The van der Waals surface area contributed by atoms with Crippen LogP contribution in [0.3, 0.4) is 0 Å². The summed E-state index contributed by atoms with van der Waals surface area (Å²) in [7, 11) is -5.28. The van der Waals surface area contributed by atoms with Gasteiger partial charge >= 0.3 is 12.4 Å². The number of hydrogen-bond acceptors (Lipinski definition) is 3. The lowest BCUT2D eigenvalue weighted by molar-refractivity contribution is -0.143. The van der Waals surface area contributed by atoms with Crippen LogP contribution < -0.4 is 5.30 Å².